The van der Waals surface area contributed by atoms with Crippen LogP contribution in [0.2, 0.25) is 0 Å². The fourth-order valence-electron chi connectivity index (χ4n) is 3.23. The summed E-state index contributed by atoms with van der Waals surface area (Å²) in [4.78, 5) is 10.7. The van der Waals surface area contributed by atoms with Crippen LogP contribution >= 0.6 is 0 Å². The predicted molar refractivity (Wildman–Crippen MR) is 131 cm³/mol. The summed E-state index contributed by atoms with van der Waals surface area (Å²) in [7, 11) is -4.76. The molecule has 0 heterocycles. The molecule has 0 radical (unpaired) electrons. The molecule has 4 aromatic rings. The number of amides is 1. The number of hydrogen-bond acceptors (Lipinski definition) is 8. The normalized spacial score (nSPS) is 11.6. The number of nitrogens with one attached hydrogen (secondary N) is 1. The summed E-state index contributed by atoms with van der Waals surface area (Å²) in [6, 6.07) is 21.3. The summed E-state index contributed by atoms with van der Waals surface area (Å²) in [5.41, 5.74) is 1.59. The van der Waals surface area contributed by atoms with E-state index in [0.29, 0.717) is 22.7 Å². The van der Waals surface area contributed by atoms with Crippen LogP contribution in [0.25, 0.3) is 10.8 Å². The summed E-state index contributed by atoms with van der Waals surface area (Å²) >= 11 is 0. The molecule has 0 atom stereocenters. The zero-order valence-corrected chi connectivity index (χ0v) is 22.1. The second-order valence-corrected chi connectivity index (χ2v) is 8.81. The van der Waals surface area contributed by atoms with E-state index in [4.69, 9.17) is 0 Å². The number of carbonyl (C=O) groups excluding carboxylic acids is 1. The SMILES string of the molecule is CC(=O)Nc1ccc2c(O)c(N=Nc3ccc(N=Nc4ccccc4)cc3)c(S(=O)(=O)O)cc2c1.[Na+]. The number of anilines is 1. The number of hydrogen-bond donors (Lipinski definition) is 3. The van der Waals surface area contributed by atoms with Crippen molar-refractivity contribution in [1.29, 1.82) is 0 Å². The first-order valence-electron chi connectivity index (χ1n) is 10.2. The zero-order valence-electron chi connectivity index (χ0n) is 19.3. The molecule has 10 nitrogen and oxygen atoms in total. The van der Waals surface area contributed by atoms with E-state index in [-0.39, 0.29) is 46.2 Å². The molecule has 0 aliphatic carbocycles. The largest absolute Gasteiger partial charge is 1.00 e. The van der Waals surface area contributed by atoms with E-state index in [1.54, 1.807) is 30.3 Å². The van der Waals surface area contributed by atoms with Crippen molar-refractivity contribution in [2.75, 3.05) is 5.32 Å². The minimum Gasteiger partial charge on any atom is -0.505 e. The molecule has 0 fully saturated rings. The number of carbonyl (C=O) groups is 1. The van der Waals surface area contributed by atoms with Crippen molar-refractivity contribution in [3.05, 3.63) is 78.9 Å². The molecule has 0 bridgehead atoms. The summed E-state index contributed by atoms with van der Waals surface area (Å²) in [5.74, 6) is -0.803. The maximum atomic E-state index is 12.0. The molecule has 4 rings (SSSR count). The van der Waals surface area contributed by atoms with Gasteiger partial charge >= 0.3 is 29.6 Å². The third kappa shape index (κ3) is 6.59. The average molecular weight is 513 g/mol. The van der Waals surface area contributed by atoms with E-state index in [9.17, 15) is 22.9 Å². The number of benzene rings is 4. The third-order valence-corrected chi connectivity index (χ3v) is 5.67. The number of rotatable bonds is 6. The molecule has 1 amide bonds. The average Bonchev–Trinajstić information content (AvgIpc) is 2.82. The number of phenolic OH excluding ortho intramolecular Hbond substituents is 1. The van der Waals surface area contributed by atoms with Gasteiger partial charge in [-0.1, -0.05) is 18.2 Å². The van der Waals surface area contributed by atoms with Crippen molar-refractivity contribution < 1.29 is 52.4 Å². The van der Waals surface area contributed by atoms with Crippen molar-refractivity contribution >= 4 is 55.2 Å². The second kappa shape index (κ2) is 11.5. The van der Waals surface area contributed by atoms with Gasteiger partial charge in [-0.15, -0.1) is 5.11 Å². The van der Waals surface area contributed by atoms with Crippen LogP contribution in [0.4, 0.5) is 28.4 Å². The van der Waals surface area contributed by atoms with Crippen molar-refractivity contribution in [2.45, 2.75) is 11.8 Å². The van der Waals surface area contributed by atoms with Crippen LogP contribution in [0, 0.1) is 0 Å². The number of nitrogens with zero attached hydrogens (tertiary/aromatic N) is 4. The Balaban J connectivity index is 0.00000361. The number of azo groups is 2. The van der Waals surface area contributed by atoms with E-state index in [1.807, 2.05) is 30.3 Å². The third-order valence-electron chi connectivity index (χ3n) is 4.80. The molecule has 36 heavy (non-hydrogen) atoms. The van der Waals surface area contributed by atoms with Crippen molar-refractivity contribution in [1.82, 2.24) is 0 Å². The summed E-state index contributed by atoms with van der Waals surface area (Å²) in [6.07, 6.45) is 0. The maximum Gasteiger partial charge on any atom is 1.00 e. The van der Waals surface area contributed by atoms with E-state index in [1.165, 1.54) is 19.1 Å². The van der Waals surface area contributed by atoms with Crippen LogP contribution in [0.5, 0.6) is 5.75 Å². The van der Waals surface area contributed by atoms with Crippen LogP contribution < -0.4 is 34.9 Å². The molecule has 0 saturated heterocycles. The Kier molecular flexibility index (Phi) is 8.66. The monoisotopic (exact) mass is 512 g/mol. The van der Waals surface area contributed by atoms with Gasteiger partial charge in [-0.2, -0.15) is 23.8 Å². The Morgan fingerprint density at radius 2 is 1.36 bits per heavy atom. The summed E-state index contributed by atoms with van der Waals surface area (Å²) < 4.78 is 33.7. The number of aromatic hydroxyl groups is 1. The van der Waals surface area contributed by atoms with E-state index in [0.717, 1.165) is 6.07 Å². The van der Waals surface area contributed by atoms with Gasteiger partial charge in [-0.05, 0) is 66.0 Å². The Morgan fingerprint density at radius 3 is 1.92 bits per heavy atom. The molecular formula is C24H19N5NaO5S+. The standard InChI is InChI=1S/C24H19N5O5S.Na/c1-15(30)25-20-11-12-21-16(13-20)14-22(35(32,33)34)23(24(21)31)29-28-19-9-7-18(8-10-19)27-26-17-5-3-2-4-6-17;/h2-14,31H,1H3,(H,25,30)(H,32,33,34);/q;+1. The number of phenols is 1. The molecule has 0 spiro atoms. The van der Waals surface area contributed by atoms with Crippen LogP contribution in [-0.2, 0) is 14.9 Å². The Labute approximate surface area is 228 Å². The van der Waals surface area contributed by atoms with Crippen LogP contribution in [-0.4, -0.2) is 24.0 Å². The van der Waals surface area contributed by atoms with Gasteiger partial charge in [0.05, 0.1) is 17.1 Å². The molecule has 0 aliphatic rings. The number of fused-ring (bicyclic) bond motifs is 1. The van der Waals surface area contributed by atoms with Crippen molar-refractivity contribution in [3.63, 3.8) is 0 Å². The van der Waals surface area contributed by atoms with E-state index in [2.05, 4.69) is 25.8 Å². The quantitative estimate of drug-likeness (QED) is 0.205. The predicted octanol–water partition coefficient (Wildman–Crippen LogP) is 3.59. The minimum absolute atomic E-state index is 0. The molecule has 0 saturated carbocycles. The zero-order chi connectivity index (χ0) is 25.0. The van der Waals surface area contributed by atoms with Crippen LogP contribution in [0.15, 0.2) is 104 Å². The van der Waals surface area contributed by atoms with Crippen molar-refractivity contribution in [3.8, 4) is 5.75 Å². The molecule has 4 aromatic carbocycles. The smallest absolute Gasteiger partial charge is 0.505 e. The minimum atomic E-state index is -4.76. The molecule has 12 heteroatoms. The second-order valence-electron chi connectivity index (χ2n) is 7.42. The van der Waals surface area contributed by atoms with E-state index >= 15 is 0 Å². The molecule has 0 unspecified atom stereocenters. The molecular weight excluding hydrogens is 493 g/mol. The Morgan fingerprint density at radius 1 is 0.806 bits per heavy atom. The first-order valence-corrected chi connectivity index (χ1v) is 11.7. The van der Waals surface area contributed by atoms with Gasteiger partial charge in [-0.3, -0.25) is 9.35 Å². The van der Waals surface area contributed by atoms with Gasteiger partial charge in [0.25, 0.3) is 10.1 Å². The topological polar surface area (TPSA) is 153 Å². The molecule has 3 N–H and O–H groups in total. The molecule has 0 aliphatic heterocycles. The molecule has 0 aromatic heterocycles. The summed E-state index contributed by atoms with van der Waals surface area (Å²) in [6.45, 7) is 1.33. The first-order chi connectivity index (χ1) is 16.7. The Bertz CT molecular complexity index is 1570. The van der Waals surface area contributed by atoms with Crippen molar-refractivity contribution in [2.24, 2.45) is 20.5 Å². The maximum absolute atomic E-state index is 12.0. The fourth-order valence-corrected chi connectivity index (χ4v) is 3.89. The van der Waals surface area contributed by atoms with E-state index < -0.39 is 26.5 Å². The van der Waals surface area contributed by atoms with Gasteiger partial charge in [-0.25, -0.2) is 0 Å². The van der Waals surface area contributed by atoms with Gasteiger partial charge in [0.2, 0.25) is 5.91 Å². The molecule has 176 valence electrons. The van der Waals surface area contributed by atoms with Gasteiger partial charge in [0.1, 0.15) is 10.6 Å². The fraction of sp³-hybridized carbons (Fsp3) is 0.0417. The summed E-state index contributed by atoms with van der Waals surface area (Å²) in [5, 5.41) is 30.0. The van der Waals surface area contributed by atoms with Gasteiger partial charge in [0.15, 0.2) is 5.75 Å². The van der Waals surface area contributed by atoms with Crippen LogP contribution in [0.3, 0.4) is 0 Å². The Hall–Kier alpha value is -3.48. The van der Waals surface area contributed by atoms with Gasteiger partial charge in [0, 0.05) is 18.0 Å². The van der Waals surface area contributed by atoms with Crippen LogP contribution in [0.1, 0.15) is 6.92 Å². The first kappa shape index (κ1) is 27.1. The van der Waals surface area contributed by atoms with Gasteiger partial charge < -0.3 is 10.4 Å².